The number of hydrogen-bond acceptors (Lipinski definition) is 0. The number of benzene rings is 3. The minimum Gasteiger partial charge on any atom is -0.206 e. The van der Waals surface area contributed by atoms with Crippen molar-refractivity contribution in [1.82, 2.24) is 0 Å². The summed E-state index contributed by atoms with van der Waals surface area (Å²) in [6, 6.07) is 16.7. The summed E-state index contributed by atoms with van der Waals surface area (Å²) < 4.78 is 13.9. The molecule has 0 spiro atoms. The van der Waals surface area contributed by atoms with E-state index in [0.29, 0.717) is 5.39 Å². The Morgan fingerprint density at radius 3 is 2.38 bits per heavy atom. The zero-order chi connectivity index (χ0) is 15.0. The summed E-state index contributed by atoms with van der Waals surface area (Å²) in [6.45, 7) is 2.00. The Morgan fingerprint density at radius 2 is 1.62 bits per heavy atom. The van der Waals surface area contributed by atoms with Gasteiger partial charge in [-0.3, -0.25) is 0 Å². The van der Waals surface area contributed by atoms with Crippen LogP contribution in [0.4, 0.5) is 4.39 Å². The maximum Gasteiger partial charge on any atom is 0.131 e. The Hall–Kier alpha value is -1.38. The summed E-state index contributed by atoms with van der Waals surface area (Å²) in [4.78, 5) is -0.0262. The van der Waals surface area contributed by atoms with Crippen molar-refractivity contribution in [3.63, 3.8) is 0 Å². The zero-order valence-electron chi connectivity index (χ0n) is 11.4. The van der Waals surface area contributed by atoms with E-state index in [1.165, 1.54) is 6.07 Å². The molecule has 0 aliphatic carbocycles. The van der Waals surface area contributed by atoms with Crippen molar-refractivity contribution in [2.24, 2.45) is 0 Å². The molecular formula is C18H13BrClF. The zero-order valence-corrected chi connectivity index (χ0v) is 13.7. The fourth-order valence-corrected chi connectivity index (χ4v) is 3.65. The lowest BCUT2D eigenvalue weighted by Gasteiger charge is -2.17. The van der Waals surface area contributed by atoms with E-state index in [1.807, 2.05) is 49.4 Å². The Kier molecular flexibility index (Phi) is 4.01. The van der Waals surface area contributed by atoms with Crippen molar-refractivity contribution in [2.75, 3.05) is 0 Å². The number of hydrogen-bond donors (Lipinski definition) is 0. The Morgan fingerprint density at radius 1 is 0.905 bits per heavy atom. The second-order valence-corrected chi connectivity index (χ2v) is 6.32. The summed E-state index contributed by atoms with van der Waals surface area (Å²) in [6.07, 6.45) is 0. The molecule has 3 heteroatoms. The highest BCUT2D eigenvalue weighted by molar-refractivity contribution is 9.09. The van der Waals surface area contributed by atoms with Gasteiger partial charge in [-0.15, -0.1) is 0 Å². The van der Waals surface area contributed by atoms with Crippen molar-refractivity contribution < 1.29 is 4.39 Å². The Bertz CT molecular complexity index is 813. The summed E-state index contributed by atoms with van der Waals surface area (Å²) in [5.41, 5.74) is 3.17. The van der Waals surface area contributed by atoms with Gasteiger partial charge in [0.05, 0.1) is 4.83 Å². The van der Waals surface area contributed by atoms with Gasteiger partial charge in [0.1, 0.15) is 5.82 Å². The van der Waals surface area contributed by atoms with E-state index < -0.39 is 0 Å². The highest BCUT2D eigenvalue weighted by Gasteiger charge is 2.17. The largest absolute Gasteiger partial charge is 0.206 e. The molecule has 3 aromatic rings. The van der Waals surface area contributed by atoms with E-state index in [0.717, 1.165) is 27.1 Å². The van der Waals surface area contributed by atoms with Crippen LogP contribution in [0.1, 0.15) is 21.5 Å². The van der Waals surface area contributed by atoms with Crippen molar-refractivity contribution in [3.8, 4) is 0 Å². The van der Waals surface area contributed by atoms with Crippen molar-refractivity contribution >= 4 is 38.3 Å². The first kappa shape index (κ1) is 14.6. The van der Waals surface area contributed by atoms with Crippen LogP contribution in [0.2, 0.25) is 5.02 Å². The van der Waals surface area contributed by atoms with Gasteiger partial charge in [0.2, 0.25) is 0 Å². The third-order valence-electron chi connectivity index (χ3n) is 3.76. The third-order valence-corrected chi connectivity index (χ3v) is 5.16. The van der Waals surface area contributed by atoms with Crippen molar-refractivity contribution in [3.05, 3.63) is 82.1 Å². The number of rotatable bonds is 2. The molecule has 3 aromatic carbocycles. The first-order valence-electron chi connectivity index (χ1n) is 6.66. The minimum absolute atomic E-state index is 0.0262. The maximum atomic E-state index is 13.9. The van der Waals surface area contributed by atoms with Crippen LogP contribution in [-0.2, 0) is 0 Å². The summed E-state index contributed by atoms with van der Waals surface area (Å²) in [5.74, 6) is -0.197. The molecule has 0 N–H and O–H groups in total. The van der Waals surface area contributed by atoms with Crippen LogP contribution < -0.4 is 0 Å². The van der Waals surface area contributed by atoms with Gasteiger partial charge in [-0.1, -0.05) is 70.0 Å². The topological polar surface area (TPSA) is 0 Å². The van der Waals surface area contributed by atoms with Crippen LogP contribution in [0.3, 0.4) is 0 Å². The standard InChI is InChI=1S/C18H13BrClF/c1-11-12(7-4-8-16(11)20)18(19)15-9-10-17(21)14-6-3-2-5-13(14)15/h2-10,18H,1H3. The fourth-order valence-electron chi connectivity index (χ4n) is 2.57. The minimum atomic E-state index is -0.197. The number of fused-ring (bicyclic) bond motifs is 1. The van der Waals surface area contributed by atoms with Gasteiger partial charge in [0.25, 0.3) is 0 Å². The average molecular weight is 364 g/mol. The molecule has 1 unspecified atom stereocenters. The predicted molar refractivity (Wildman–Crippen MR) is 90.9 cm³/mol. The number of halogens is 3. The summed E-state index contributed by atoms with van der Waals surface area (Å²) >= 11 is 9.95. The van der Waals surface area contributed by atoms with Crippen LogP contribution >= 0.6 is 27.5 Å². The van der Waals surface area contributed by atoms with Gasteiger partial charge >= 0.3 is 0 Å². The van der Waals surface area contributed by atoms with Crippen LogP contribution in [0.25, 0.3) is 10.8 Å². The molecule has 0 aromatic heterocycles. The molecule has 1 atom stereocenters. The molecule has 0 radical (unpaired) electrons. The lowest BCUT2D eigenvalue weighted by Crippen LogP contribution is -1.98. The first-order valence-corrected chi connectivity index (χ1v) is 7.95. The lowest BCUT2D eigenvalue weighted by molar-refractivity contribution is 0.639. The van der Waals surface area contributed by atoms with Gasteiger partial charge in [-0.2, -0.15) is 0 Å². The molecular weight excluding hydrogens is 351 g/mol. The SMILES string of the molecule is Cc1c(Cl)cccc1C(Br)c1ccc(F)c2ccccc12. The van der Waals surface area contributed by atoms with E-state index >= 15 is 0 Å². The molecule has 0 saturated heterocycles. The van der Waals surface area contributed by atoms with Gasteiger partial charge in [-0.25, -0.2) is 4.39 Å². The summed E-state index contributed by atoms with van der Waals surface area (Å²) in [7, 11) is 0. The molecule has 3 rings (SSSR count). The summed E-state index contributed by atoms with van der Waals surface area (Å²) in [5, 5.41) is 2.29. The second-order valence-electron chi connectivity index (χ2n) is 5.00. The van der Waals surface area contributed by atoms with E-state index in [2.05, 4.69) is 15.9 Å². The average Bonchev–Trinajstić information content (AvgIpc) is 2.50. The first-order chi connectivity index (χ1) is 10.1. The molecule has 0 amide bonds. The molecule has 0 fully saturated rings. The maximum absolute atomic E-state index is 13.9. The Labute approximate surface area is 136 Å². The number of alkyl halides is 1. The monoisotopic (exact) mass is 362 g/mol. The highest BCUT2D eigenvalue weighted by atomic mass is 79.9. The third kappa shape index (κ3) is 2.58. The molecule has 0 aliphatic heterocycles. The van der Waals surface area contributed by atoms with Gasteiger partial charge in [-0.05, 0) is 41.1 Å². The van der Waals surface area contributed by atoms with Gasteiger partial charge < -0.3 is 0 Å². The molecule has 0 nitrogen and oxygen atoms in total. The lowest BCUT2D eigenvalue weighted by atomic mass is 9.96. The van der Waals surface area contributed by atoms with Crippen LogP contribution in [-0.4, -0.2) is 0 Å². The molecule has 0 saturated carbocycles. The van der Waals surface area contributed by atoms with E-state index in [4.69, 9.17) is 11.6 Å². The smallest absolute Gasteiger partial charge is 0.131 e. The molecule has 0 bridgehead atoms. The van der Waals surface area contributed by atoms with E-state index in [1.54, 1.807) is 6.07 Å². The van der Waals surface area contributed by atoms with Crippen LogP contribution in [0.5, 0.6) is 0 Å². The van der Waals surface area contributed by atoms with Crippen LogP contribution in [0, 0.1) is 12.7 Å². The normalized spacial score (nSPS) is 12.6. The quantitative estimate of drug-likeness (QED) is 0.460. The van der Waals surface area contributed by atoms with E-state index in [-0.39, 0.29) is 10.6 Å². The predicted octanol–water partition coefficient (Wildman–Crippen LogP) is 6.43. The molecule has 0 heterocycles. The molecule has 106 valence electrons. The van der Waals surface area contributed by atoms with Gasteiger partial charge in [0, 0.05) is 10.4 Å². The van der Waals surface area contributed by atoms with Gasteiger partial charge in [0.15, 0.2) is 0 Å². The molecule has 21 heavy (non-hydrogen) atoms. The Balaban J connectivity index is 2.21. The highest BCUT2D eigenvalue weighted by Crippen LogP contribution is 2.38. The fraction of sp³-hybridized carbons (Fsp3) is 0.111. The second kappa shape index (κ2) is 5.78. The van der Waals surface area contributed by atoms with Crippen LogP contribution in [0.15, 0.2) is 54.6 Å². The molecule has 0 aliphatic rings. The van der Waals surface area contributed by atoms with E-state index in [9.17, 15) is 4.39 Å². The van der Waals surface area contributed by atoms with Crippen molar-refractivity contribution in [1.29, 1.82) is 0 Å². The van der Waals surface area contributed by atoms with Crippen molar-refractivity contribution in [2.45, 2.75) is 11.8 Å².